The Labute approximate surface area is 204 Å². The molecule has 3 aromatic carbocycles. The van der Waals surface area contributed by atoms with Crippen LogP contribution in [0.4, 0.5) is 5.69 Å². The van der Waals surface area contributed by atoms with E-state index in [4.69, 9.17) is 4.74 Å². The largest absolute Gasteiger partial charge is 0.494 e. The Balaban J connectivity index is 1.42. The smallest absolute Gasteiger partial charge is 0.264 e. The lowest BCUT2D eigenvalue weighted by molar-refractivity contribution is -0.114. The van der Waals surface area contributed by atoms with Gasteiger partial charge in [0.2, 0.25) is 0 Å². The summed E-state index contributed by atoms with van der Waals surface area (Å²) in [6.45, 7) is 5.15. The average Bonchev–Trinajstić information content (AvgIpc) is 2.83. The Morgan fingerprint density at radius 1 is 1.09 bits per heavy atom. The Kier molecular flexibility index (Phi) is 7.38. The SMILES string of the molecule is CCOc1ccc(CCNC(=O)c2ccc3c(c2)N(C)C(=O)C(=Cc2cccc(C)c2)S3)cc1. The summed E-state index contributed by atoms with van der Waals surface area (Å²) in [4.78, 5) is 28.9. The fourth-order valence-electron chi connectivity index (χ4n) is 3.79. The summed E-state index contributed by atoms with van der Waals surface area (Å²) < 4.78 is 5.46. The van der Waals surface area contributed by atoms with E-state index in [0.29, 0.717) is 23.6 Å². The molecule has 0 saturated carbocycles. The van der Waals surface area contributed by atoms with E-state index in [0.717, 1.165) is 39.4 Å². The Bertz CT molecular complexity index is 1230. The van der Waals surface area contributed by atoms with Crippen molar-refractivity contribution >= 4 is 35.3 Å². The number of amides is 2. The Morgan fingerprint density at radius 3 is 2.62 bits per heavy atom. The summed E-state index contributed by atoms with van der Waals surface area (Å²) in [5.41, 5.74) is 4.56. The van der Waals surface area contributed by atoms with Gasteiger partial charge in [-0.1, -0.05) is 53.7 Å². The van der Waals surface area contributed by atoms with E-state index >= 15 is 0 Å². The number of rotatable bonds is 7. The minimum atomic E-state index is -0.152. The molecule has 0 spiro atoms. The molecule has 0 aliphatic carbocycles. The van der Waals surface area contributed by atoms with Crippen LogP contribution in [0.1, 0.15) is 34.0 Å². The summed E-state index contributed by atoms with van der Waals surface area (Å²) in [5, 5.41) is 2.97. The molecule has 0 fully saturated rings. The lowest BCUT2D eigenvalue weighted by Crippen LogP contribution is -2.31. The summed E-state index contributed by atoms with van der Waals surface area (Å²) in [6, 6.07) is 21.5. The highest BCUT2D eigenvalue weighted by atomic mass is 32.2. The number of nitrogens with zero attached hydrogens (tertiary/aromatic N) is 1. The van der Waals surface area contributed by atoms with Gasteiger partial charge in [-0.3, -0.25) is 9.59 Å². The number of hydrogen-bond donors (Lipinski definition) is 1. The first kappa shape index (κ1) is 23.6. The van der Waals surface area contributed by atoms with Gasteiger partial charge in [0.1, 0.15) is 5.75 Å². The molecule has 0 aromatic heterocycles. The molecule has 0 atom stereocenters. The second-order valence-corrected chi connectivity index (χ2v) is 9.24. The number of anilines is 1. The molecule has 0 saturated heterocycles. The molecule has 2 amide bonds. The van der Waals surface area contributed by atoms with Gasteiger partial charge < -0.3 is 15.0 Å². The first-order valence-corrected chi connectivity index (χ1v) is 12.1. The number of carbonyl (C=O) groups is 2. The van der Waals surface area contributed by atoms with Gasteiger partial charge in [0.15, 0.2) is 0 Å². The summed E-state index contributed by atoms with van der Waals surface area (Å²) >= 11 is 1.44. The molecule has 0 bridgehead atoms. The van der Waals surface area contributed by atoms with E-state index < -0.39 is 0 Å². The van der Waals surface area contributed by atoms with Gasteiger partial charge in [-0.25, -0.2) is 0 Å². The molecular formula is C28H28N2O3S. The quantitative estimate of drug-likeness (QED) is 0.463. The molecule has 3 aromatic rings. The minimum Gasteiger partial charge on any atom is -0.494 e. The van der Waals surface area contributed by atoms with Gasteiger partial charge in [0.05, 0.1) is 17.2 Å². The second-order valence-electron chi connectivity index (χ2n) is 8.15. The van der Waals surface area contributed by atoms with Crippen molar-refractivity contribution < 1.29 is 14.3 Å². The zero-order chi connectivity index (χ0) is 24.1. The van der Waals surface area contributed by atoms with Crippen molar-refractivity contribution in [2.75, 3.05) is 25.1 Å². The lowest BCUT2D eigenvalue weighted by atomic mass is 10.1. The molecule has 6 heteroatoms. The van der Waals surface area contributed by atoms with Crippen LogP contribution in [0.25, 0.3) is 6.08 Å². The van der Waals surface area contributed by atoms with Crippen molar-refractivity contribution in [3.05, 3.63) is 93.9 Å². The number of benzene rings is 3. The molecule has 5 nitrogen and oxygen atoms in total. The summed E-state index contributed by atoms with van der Waals surface area (Å²) in [5.74, 6) is 0.616. The highest BCUT2D eigenvalue weighted by molar-refractivity contribution is 8.04. The van der Waals surface area contributed by atoms with Crippen molar-refractivity contribution in [2.45, 2.75) is 25.2 Å². The van der Waals surface area contributed by atoms with E-state index in [2.05, 4.69) is 11.4 Å². The standard InChI is InChI=1S/C28H28N2O3S/c1-4-33-23-11-8-20(9-12-23)14-15-29-27(31)22-10-13-25-24(18-22)30(3)28(32)26(34-25)17-21-7-5-6-19(2)16-21/h5-13,16-18H,4,14-15H2,1-3H3,(H,29,31). The lowest BCUT2D eigenvalue weighted by Gasteiger charge is -2.27. The number of fused-ring (bicyclic) bond motifs is 1. The van der Waals surface area contributed by atoms with Crippen LogP contribution in [0.5, 0.6) is 5.75 Å². The molecule has 0 unspecified atom stereocenters. The van der Waals surface area contributed by atoms with Crippen LogP contribution in [-0.4, -0.2) is 32.0 Å². The maximum Gasteiger partial charge on any atom is 0.264 e. The van der Waals surface area contributed by atoms with E-state index in [-0.39, 0.29) is 11.8 Å². The van der Waals surface area contributed by atoms with E-state index in [1.165, 1.54) is 11.8 Å². The van der Waals surface area contributed by atoms with Crippen molar-refractivity contribution in [1.82, 2.24) is 5.32 Å². The fraction of sp³-hybridized carbons (Fsp3) is 0.214. The van der Waals surface area contributed by atoms with E-state index in [9.17, 15) is 9.59 Å². The van der Waals surface area contributed by atoms with Gasteiger partial charge in [0.25, 0.3) is 11.8 Å². The zero-order valence-electron chi connectivity index (χ0n) is 19.6. The monoisotopic (exact) mass is 472 g/mol. The van der Waals surface area contributed by atoms with Crippen LogP contribution in [-0.2, 0) is 11.2 Å². The highest BCUT2D eigenvalue weighted by Gasteiger charge is 2.27. The van der Waals surface area contributed by atoms with Gasteiger partial charge in [-0.05, 0) is 67.8 Å². The number of carbonyl (C=O) groups excluding carboxylic acids is 2. The molecule has 1 N–H and O–H groups in total. The number of hydrogen-bond acceptors (Lipinski definition) is 4. The molecule has 1 heterocycles. The highest BCUT2D eigenvalue weighted by Crippen LogP contribution is 2.42. The van der Waals surface area contributed by atoms with Crippen LogP contribution >= 0.6 is 11.8 Å². The molecule has 1 aliphatic rings. The fourth-order valence-corrected chi connectivity index (χ4v) is 4.88. The van der Waals surface area contributed by atoms with Crippen molar-refractivity contribution in [3.63, 3.8) is 0 Å². The van der Waals surface area contributed by atoms with Gasteiger partial charge in [-0.15, -0.1) is 0 Å². The third-order valence-corrected chi connectivity index (χ3v) is 6.67. The van der Waals surface area contributed by atoms with Crippen LogP contribution in [0, 0.1) is 6.92 Å². The van der Waals surface area contributed by atoms with Crippen LogP contribution in [0.2, 0.25) is 0 Å². The van der Waals surface area contributed by atoms with E-state index in [1.54, 1.807) is 18.0 Å². The Hall–Kier alpha value is -3.51. The predicted molar refractivity (Wildman–Crippen MR) is 139 cm³/mol. The summed E-state index contributed by atoms with van der Waals surface area (Å²) in [6.07, 6.45) is 2.64. The maximum atomic E-state index is 13.0. The van der Waals surface area contributed by atoms with Crippen molar-refractivity contribution in [1.29, 1.82) is 0 Å². The number of nitrogens with one attached hydrogen (secondary N) is 1. The number of aryl methyl sites for hydroxylation is 1. The molecule has 4 rings (SSSR count). The molecular weight excluding hydrogens is 444 g/mol. The normalized spacial score (nSPS) is 14.1. The predicted octanol–water partition coefficient (Wildman–Crippen LogP) is 5.48. The van der Waals surface area contributed by atoms with Crippen molar-refractivity contribution in [3.8, 4) is 5.75 Å². The summed E-state index contributed by atoms with van der Waals surface area (Å²) in [7, 11) is 1.75. The maximum absolute atomic E-state index is 13.0. The number of likely N-dealkylation sites (N-methyl/N-ethyl adjacent to an activating group) is 1. The van der Waals surface area contributed by atoms with Crippen LogP contribution < -0.4 is 15.0 Å². The Morgan fingerprint density at radius 2 is 1.88 bits per heavy atom. The molecule has 1 aliphatic heterocycles. The number of thioether (sulfide) groups is 1. The van der Waals surface area contributed by atoms with E-state index in [1.807, 2.05) is 74.5 Å². The molecule has 174 valence electrons. The zero-order valence-corrected chi connectivity index (χ0v) is 20.4. The number of ether oxygens (including phenoxy) is 1. The molecule has 0 radical (unpaired) electrons. The van der Waals surface area contributed by atoms with Crippen LogP contribution in [0.3, 0.4) is 0 Å². The van der Waals surface area contributed by atoms with Gasteiger partial charge >= 0.3 is 0 Å². The first-order valence-electron chi connectivity index (χ1n) is 11.3. The van der Waals surface area contributed by atoms with Gasteiger partial charge in [0, 0.05) is 24.1 Å². The van der Waals surface area contributed by atoms with Crippen LogP contribution in [0.15, 0.2) is 76.5 Å². The molecule has 34 heavy (non-hydrogen) atoms. The first-order chi connectivity index (χ1) is 16.4. The van der Waals surface area contributed by atoms with Gasteiger partial charge in [-0.2, -0.15) is 0 Å². The minimum absolute atomic E-state index is 0.0768. The van der Waals surface area contributed by atoms with Crippen molar-refractivity contribution in [2.24, 2.45) is 0 Å². The topological polar surface area (TPSA) is 58.6 Å². The average molecular weight is 473 g/mol. The second kappa shape index (κ2) is 10.6. The third kappa shape index (κ3) is 5.51. The third-order valence-electron chi connectivity index (χ3n) is 5.59.